The zero-order valence-corrected chi connectivity index (χ0v) is 18.9. The van der Waals surface area contributed by atoms with Gasteiger partial charge in [-0.3, -0.25) is 4.99 Å². The number of hydrogen-bond acceptors (Lipinski definition) is 3. The first-order valence-corrected chi connectivity index (χ1v) is 9.39. The molecule has 1 aliphatic heterocycles. The van der Waals surface area contributed by atoms with Crippen LogP contribution in [0.25, 0.3) is 0 Å². The van der Waals surface area contributed by atoms with E-state index in [2.05, 4.69) is 72.0 Å². The molecule has 1 aromatic rings. The van der Waals surface area contributed by atoms with Crippen LogP contribution in [0.3, 0.4) is 0 Å². The van der Waals surface area contributed by atoms with Crippen LogP contribution in [0, 0.1) is 5.92 Å². The van der Waals surface area contributed by atoms with Gasteiger partial charge in [-0.25, -0.2) is 0 Å². The first kappa shape index (κ1) is 23.2. The maximum Gasteiger partial charge on any atom is 0.191 e. The Morgan fingerprint density at radius 2 is 1.77 bits per heavy atom. The molecule has 2 rings (SSSR count). The van der Waals surface area contributed by atoms with E-state index in [1.807, 2.05) is 7.05 Å². The second-order valence-electron chi connectivity index (χ2n) is 7.37. The van der Waals surface area contributed by atoms with Gasteiger partial charge >= 0.3 is 0 Å². The number of ether oxygens (including phenoxy) is 1. The summed E-state index contributed by atoms with van der Waals surface area (Å²) in [7, 11) is 1.83. The van der Waals surface area contributed by atoms with Crippen LogP contribution in [0.1, 0.15) is 45.2 Å². The lowest BCUT2D eigenvalue weighted by Gasteiger charge is -2.41. The molecule has 0 aliphatic carbocycles. The van der Waals surface area contributed by atoms with Gasteiger partial charge < -0.3 is 20.7 Å². The lowest BCUT2D eigenvalue weighted by molar-refractivity contribution is 0.0355. The van der Waals surface area contributed by atoms with Crippen molar-refractivity contribution < 1.29 is 4.74 Å². The van der Waals surface area contributed by atoms with Gasteiger partial charge in [-0.15, -0.1) is 24.0 Å². The number of halogens is 1. The highest BCUT2D eigenvalue weighted by Crippen LogP contribution is 2.25. The van der Waals surface area contributed by atoms with Crippen molar-refractivity contribution in [3.8, 4) is 0 Å². The number of nitrogens with zero attached hydrogens (tertiary/aromatic N) is 1. The highest BCUT2D eigenvalue weighted by Gasteiger charge is 2.34. The summed E-state index contributed by atoms with van der Waals surface area (Å²) in [6, 6.07) is 10.9. The SMILES string of the molecule is CN=C(NCC(C)C)NCC1(NC(C)c2ccccc2)CCOCC1.I. The zero-order valence-electron chi connectivity index (χ0n) is 16.5. The lowest BCUT2D eigenvalue weighted by Crippen LogP contribution is -2.58. The van der Waals surface area contributed by atoms with Crippen molar-refractivity contribution in [3.05, 3.63) is 35.9 Å². The predicted octanol–water partition coefficient (Wildman–Crippen LogP) is 3.33. The first-order chi connectivity index (χ1) is 12.0. The first-order valence-electron chi connectivity index (χ1n) is 9.39. The molecule has 0 amide bonds. The van der Waals surface area contributed by atoms with E-state index >= 15 is 0 Å². The molecule has 1 fully saturated rings. The van der Waals surface area contributed by atoms with Gasteiger partial charge in [0, 0.05) is 44.9 Å². The topological polar surface area (TPSA) is 57.7 Å². The number of rotatable bonds is 7. The highest BCUT2D eigenvalue weighted by atomic mass is 127. The van der Waals surface area contributed by atoms with E-state index in [1.54, 1.807) is 0 Å². The predicted molar refractivity (Wildman–Crippen MR) is 120 cm³/mol. The standard InChI is InChI=1S/C20H34N4O.HI/c1-16(2)14-22-19(21-4)23-15-20(10-12-25-13-11-20)24-17(3)18-8-6-5-7-9-18;/h5-9,16-17,24H,10-15H2,1-4H3,(H2,21,22,23);1H. The summed E-state index contributed by atoms with van der Waals surface area (Å²) in [4.78, 5) is 4.35. The van der Waals surface area contributed by atoms with Crippen molar-refractivity contribution in [1.82, 2.24) is 16.0 Å². The molecule has 1 heterocycles. The lowest BCUT2D eigenvalue weighted by atomic mass is 9.88. The Hall–Kier alpha value is -0.860. The molecule has 0 bridgehead atoms. The fraction of sp³-hybridized carbons (Fsp3) is 0.650. The fourth-order valence-corrected chi connectivity index (χ4v) is 3.19. The number of aliphatic imine (C=N–C) groups is 1. The Labute approximate surface area is 175 Å². The maximum absolute atomic E-state index is 5.61. The Morgan fingerprint density at radius 3 is 2.35 bits per heavy atom. The van der Waals surface area contributed by atoms with Gasteiger partial charge in [0.2, 0.25) is 0 Å². The number of guanidine groups is 1. The second kappa shape index (κ2) is 11.8. The summed E-state index contributed by atoms with van der Waals surface area (Å²) >= 11 is 0. The largest absolute Gasteiger partial charge is 0.381 e. The summed E-state index contributed by atoms with van der Waals surface area (Å²) in [6.45, 7) is 9.99. The Kier molecular flexibility index (Phi) is 10.5. The molecule has 1 atom stereocenters. The molecule has 148 valence electrons. The molecular formula is C20H35IN4O. The van der Waals surface area contributed by atoms with Gasteiger partial charge in [-0.1, -0.05) is 44.2 Å². The summed E-state index contributed by atoms with van der Waals surface area (Å²) < 4.78 is 5.61. The fourth-order valence-electron chi connectivity index (χ4n) is 3.19. The van der Waals surface area contributed by atoms with Crippen LogP contribution >= 0.6 is 24.0 Å². The summed E-state index contributed by atoms with van der Waals surface area (Å²) in [5.74, 6) is 1.46. The smallest absolute Gasteiger partial charge is 0.191 e. The van der Waals surface area contributed by atoms with Crippen LogP contribution in [0.5, 0.6) is 0 Å². The van der Waals surface area contributed by atoms with E-state index < -0.39 is 0 Å². The minimum absolute atomic E-state index is 0. The van der Waals surface area contributed by atoms with Gasteiger partial charge in [0.05, 0.1) is 0 Å². The molecule has 5 nitrogen and oxygen atoms in total. The quantitative estimate of drug-likeness (QED) is 0.323. The van der Waals surface area contributed by atoms with Crippen molar-refractivity contribution in [1.29, 1.82) is 0 Å². The molecule has 0 spiro atoms. The van der Waals surface area contributed by atoms with Gasteiger partial charge in [0.25, 0.3) is 0 Å². The highest BCUT2D eigenvalue weighted by molar-refractivity contribution is 14.0. The number of benzene rings is 1. The van der Waals surface area contributed by atoms with Gasteiger partial charge in [0.1, 0.15) is 0 Å². The molecule has 1 saturated heterocycles. The summed E-state index contributed by atoms with van der Waals surface area (Å²) in [6.07, 6.45) is 2.00. The van der Waals surface area contributed by atoms with E-state index in [-0.39, 0.29) is 29.5 Å². The van der Waals surface area contributed by atoms with Crippen molar-refractivity contribution in [2.45, 2.75) is 45.2 Å². The number of nitrogens with one attached hydrogen (secondary N) is 3. The van der Waals surface area contributed by atoms with E-state index in [1.165, 1.54) is 5.56 Å². The van der Waals surface area contributed by atoms with Crippen LogP contribution in [0.15, 0.2) is 35.3 Å². The van der Waals surface area contributed by atoms with E-state index in [9.17, 15) is 0 Å². The molecule has 1 aromatic carbocycles. The van der Waals surface area contributed by atoms with Gasteiger partial charge in [-0.05, 0) is 31.2 Å². The second-order valence-corrected chi connectivity index (χ2v) is 7.37. The minimum Gasteiger partial charge on any atom is -0.381 e. The van der Waals surface area contributed by atoms with Gasteiger partial charge in [0.15, 0.2) is 5.96 Å². The molecule has 1 aliphatic rings. The minimum atomic E-state index is 0. The molecule has 0 saturated carbocycles. The van der Waals surface area contributed by atoms with Crippen LogP contribution in [0.2, 0.25) is 0 Å². The summed E-state index contributed by atoms with van der Waals surface area (Å²) in [5, 5.41) is 10.8. The van der Waals surface area contributed by atoms with Crippen molar-refractivity contribution in [2.24, 2.45) is 10.9 Å². The third kappa shape index (κ3) is 7.40. The third-order valence-corrected chi connectivity index (χ3v) is 4.77. The van der Waals surface area contributed by atoms with Crippen LogP contribution in [-0.4, -0.2) is 44.8 Å². The Bertz CT molecular complexity index is 530. The van der Waals surface area contributed by atoms with Crippen LogP contribution < -0.4 is 16.0 Å². The number of hydrogen-bond donors (Lipinski definition) is 3. The average molecular weight is 474 g/mol. The Morgan fingerprint density at radius 1 is 1.12 bits per heavy atom. The summed E-state index contributed by atoms with van der Waals surface area (Å²) in [5.41, 5.74) is 1.33. The Balaban J connectivity index is 0.00000338. The molecular weight excluding hydrogens is 439 g/mol. The van der Waals surface area contributed by atoms with E-state index in [0.717, 1.165) is 45.1 Å². The average Bonchev–Trinajstić information content (AvgIpc) is 2.63. The van der Waals surface area contributed by atoms with E-state index in [0.29, 0.717) is 12.0 Å². The van der Waals surface area contributed by atoms with Crippen LogP contribution in [0.4, 0.5) is 0 Å². The molecule has 0 aromatic heterocycles. The molecule has 3 N–H and O–H groups in total. The van der Waals surface area contributed by atoms with Crippen molar-refractivity contribution >= 4 is 29.9 Å². The third-order valence-electron chi connectivity index (χ3n) is 4.77. The molecule has 1 unspecified atom stereocenters. The monoisotopic (exact) mass is 474 g/mol. The molecule has 0 radical (unpaired) electrons. The molecule has 6 heteroatoms. The zero-order chi connectivity index (χ0) is 18.1. The normalized spacial score (nSPS) is 18.1. The maximum atomic E-state index is 5.61. The van der Waals surface area contributed by atoms with Crippen LogP contribution in [-0.2, 0) is 4.74 Å². The molecule has 26 heavy (non-hydrogen) atoms. The van der Waals surface area contributed by atoms with Gasteiger partial charge in [-0.2, -0.15) is 0 Å². The van der Waals surface area contributed by atoms with Crippen molar-refractivity contribution in [2.75, 3.05) is 33.4 Å². The van der Waals surface area contributed by atoms with E-state index in [4.69, 9.17) is 4.74 Å². The van der Waals surface area contributed by atoms with Crippen molar-refractivity contribution in [3.63, 3.8) is 0 Å².